The van der Waals surface area contributed by atoms with Gasteiger partial charge in [0.15, 0.2) is 0 Å². The number of fused-ring (bicyclic) bond motifs is 2. The van der Waals surface area contributed by atoms with E-state index in [1.54, 1.807) is 0 Å². The quantitative estimate of drug-likeness (QED) is 0.156. The third-order valence-corrected chi connectivity index (χ3v) is 11.8. The fourth-order valence-corrected chi connectivity index (χ4v) is 8.48. The first-order chi connectivity index (χ1) is 28.5. The van der Waals surface area contributed by atoms with Crippen LogP contribution in [0, 0.1) is 0 Å². The lowest BCUT2D eigenvalue weighted by molar-refractivity contribution is 0.569. The molecule has 9 aromatic rings. The third-order valence-electron chi connectivity index (χ3n) is 11.8. The minimum absolute atomic E-state index is 0.0382. The van der Waals surface area contributed by atoms with Crippen molar-refractivity contribution in [1.82, 2.24) is 0 Å². The molecule has 288 valence electrons. The van der Waals surface area contributed by atoms with Gasteiger partial charge in [0.05, 0.1) is 5.69 Å². The second kappa shape index (κ2) is 15.2. The second-order valence-electron chi connectivity index (χ2n) is 17.8. The van der Waals surface area contributed by atoms with E-state index < -0.39 is 0 Å². The van der Waals surface area contributed by atoms with Crippen molar-refractivity contribution in [2.75, 3.05) is 4.90 Å². The van der Waals surface area contributed by atoms with Crippen molar-refractivity contribution in [2.24, 2.45) is 0 Å². The largest absolute Gasteiger partial charge is 0.310 e. The zero-order valence-electron chi connectivity index (χ0n) is 35.0. The van der Waals surface area contributed by atoms with Crippen LogP contribution < -0.4 is 4.90 Å². The van der Waals surface area contributed by atoms with Gasteiger partial charge in [-0.1, -0.05) is 211 Å². The summed E-state index contributed by atoms with van der Waals surface area (Å²) in [5.74, 6) is 0. The fourth-order valence-electron chi connectivity index (χ4n) is 8.48. The monoisotopic (exact) mass is 761 g/mol. The molecule has 0 fully saturated rings. The Morgan fingerprint density at radius 1 is 0.322 bits per heavy atom. The average Bonchev–Trinajstić information content (AvgIpc) is 3.26. The van der Waals surface area contributed by atoms with E-state index in [9.17, 15) is 0 Å². The topological polar surface area (TPSA) is 3.24 Å². The molecule has 0 radical (unpaired) electrons. The van der Waals surface area contributed by atoms with Gasteiger partial charge in [-0.3, -0.25) is 0 Å². The highest BCUT2D eigenvalue weighted by Crippen LogP contribution is 2.46. The van der Waals surface area contributed by atoms with E-state index in [1.807, 2.05) is 0 Å². The molecule has 0 aliphatic rings. The van der Waals surface area contributed by atoms with Crippen molar-refractivity contribution < 1.29 is 0 Å². The summed E-state index contributed by atoms with van der Waals surface area (Å²) < 4.78 is 0. The predicted molar refractivity (Wildman–Crippen MR) is 255 cm³/mol. The second-order valence-corrected chi connectivity index (χ2v) is 17.8. The van der Waals surface area contributed by atoms with Gasteiger partial charge in [0.1, 0.15) is 0 Å². The lowest BCUT2D eigenvalue weighted by Crippen LogP contribution is -2.19. The molecule has 9 aromatic carbocycles. The van der Waals surface area contributed by atoms with E-state index in [2.05, 4.69) is 247 Å². The van der Waals surface area contributed by atoms with Crippen LogP contribution in [0.3, 0.4) is 0 Å². The van der Waals surface area contributed by atoms with Gasteiger partial charge in [-0.25, -0.2) is 0 Å². The Hall–Kier alpha value is -6.70. The van der Waals surface area contributed by atoms with Crippen LogP contribution >= 0.6 is 0 Å². The molecule has 0 heterocycles. The molecule has 0 bridgehead atoms. The van der Waals surface area contributed by atoms with E-state index in [1.165, 1.54) is 77.2 Å². The first kappa shape index (κ1) is 37.9. The zero-order valence-corrected chi connectivity index (χ0v) is 35.0. The van der Waals surface area contributed by atoms with Gasteiger partial charge in [-0.15, -0.1) is 0 Å². The first-order valence-electron chi connectivity index (χ1n) is 20.8. The molecule has 1 nitrogen and oxygen atoms in total. The molecule has 0 unspecified atom stereocenters. The summed E-state index contributed by atoms with van der Waals surface area (Å²) in [5.41, 5.74) is 15.7. The molecule has 1 heteroatoms. The van der Waals surface area contributed by atoms with Gasteiger partial charge in [-0.05, 0) is 113 Å². The highest BCUT2D eigenvalue weighted by Gasteiger charge is 2.25. The van der Waals surface area contributed by atoms with Crippen molar-refractivity contribution >= 4 is 38.6 Å². The summed E-state index contributed by atoms with van der Waals surface area (Å²) in [6, 6.07) is 73.7. The summed E-state index contributed by atoms with van der Waals surface area (Å²) in [4.78, 5) is 2.48. The molecular formula is C58H51N. The molecule has 59 heavy (non-hydrogen) atoms. The van der Waals surface area contributed by atoms with Gasteiger partial charge in [0.25, 0.3) is 0 Å². The van der Waals surface area contributed by atoms with Crippen LogP contribution in [-0.2, 0) is 10.8 Å². The van der Waals surface area contributed by atoms with Crippen LogP contribution in [0.5, 0.6) is 0 Å². The van der Waals surface area contributed by atoms with E-state index in [4.69, 9.17) is 0 Å². The minimum atomic E-state index is -0.0382. The molecule has 0 aliphatic carbocycles. The zero-order chi connectivity index (χ0) is 40.7. The molecule has 0 aromatic heterocycles. The number of para-hydroxylation sites is 1. The number of benzene rings is 9. The fraction of sp³-hybridized carbons (Fsp3) is 0.138. The van der Waals surface area contributed by atoms with Crippen LogP contribution in [0.15, 0.2) is 200 Å². The summed E-state index contributed by atoms with van der Waals surface area (Å²) >= 11 is 0. The Labute approximate surface area is 350 Å². The van der Waals surface area contributed by atoms with Crippen molar-refractivity contribution in [1.29, 1.82) is 0 Å². The summed E-state index contributed by atoms with van der Waals surface area (Å²) in [6.45, 7) is 13.9. The Kier molecular flexibility index (Phi) is 9.77. The maximum absolute atomic E-state index is 2.48. The normalized spacial score (nSPS) is 11.9. The molecule has 0 N–H and O–H groups in total. The van der Waals surface area contributed by atoms with Crippen LogP contribution in [0.25, 0.3) is 66.1 Å². The third kappa shape index (κ3) is 7.46. The smallest absolute Gasteiger partial charge is 0.0540 e. The highest BCUT2D eigenvalue weighted by molar-refractivity contribution is 6.09. The van der Waals surface area contributed by atoms with Crippen molar-refractivity contribution in [3.63, 3.8) is 0 Å². The number of rotatable bonds is 7. The van der Waals surface area contributed by atoms with Gasteiger partial charge >= 0.3 is 0 Å². The number of anilines is 3. The summed E-state index contributed by atoms with van der Waals surface area (Å²) in [7, 11) is 0. The lowest BCUT2D eigenvalue weighted by atomic mass is 9.80. The molecule has 0 saturated carbocycles. The first-order valence-corrected chi connectivity index (χ1v) is 20.8. The molecule has 0 spiro atoms. The van der Waals surface area contributed by atoms with Gasteiger partial charge in [0.2, 0.25) is 0 Å². The molecule has 0 atom stereocenters. The maximum Gasteiger partial charge on any atom is 0.0540 e. The summed E-state index contributed by atoms with van der Waals surface area (Å²) in [6.07, 6.45) is 0. The number of hydrogen-bond acceptors (Lipinski definition) is 1. The van der Waals surface area contributed by atoms with Gasteiger partial charge in [0, 0.05) is 16.9 Å². The predicted octanol–water partition coefficient (Wildman–Crippen LogP) is 16.7. The van der Waals surface area contributed by atoms with Crippen LogP contribution in [-0.4, -0.2) is 0 Å². The van der Waals surface area contributed by atoms with Gasteiger partial charge in [-0.2, -0.15) is 0 Å². The molecule has 0 saturated heterocycles. The van der Waals surface area contributed by atoms with Crippen LogP contribution in [0.2, 0.25) is 0 Å². The Bertz CT molecular complexity index is 2880. The van der Waals surface area contributed by atoms with Crippen molar-refractivity contribution in [2.45, 2.75) is 52.4 Å². The molecular weight excluding hydrogens is 711 g/mol. The summed E-state index contributed by atoms with van der Waals surface area (Å²) in [5, 5.41) is 5.02. The van der Waals surface area contributed by atoms with Crippen molar-refractivity contribution in [3.8, 4) is 44.5 Å². The lowest BCUT2D eigenvalue weighted by Gasteiger charge is -2.32. The maximum atomic E-state index is 2.48. The Morgan fingerprint density at radius 2 is 0.797 bits per heavy atom. The van der Waals surface area contributed by atoms with Crippen LogP contribution in [0.1, 0.15) is 52.7 Å². The standard InChI is InChI=1S/C58H51N/c1-57(2,3)46-37-47(58(4,5)6)39-49(38-46)59(48-35-33-41(34-36-48)40-29-31-44(32-30-40)51-25-14-20-42-19-10-11-23-50(42)51)55-28-13-12-24-53(55)54-27-16-22-45-21-15-26-52(56(45)54)43-17-8-7-9-18-43/h7-39H,1-6H3. The number of hydrogen-bond donors (Lipinski definition) is 0. The SMILES string of the molecule is CC(C)(C)c1cc(N(c2ccc(-c3ccc(-c4cccc5ccccc45)cc3)cc2)c2ccccc2-c2cccc3cccc(-c4ccccc4)c23)cc(C(C)(C)C)c1. The minimum Gasteiger partial charge on any atom is -0.310 e. The van der Waals surface area contributed by atoms with Crippen molar-refractivity contribution in [3.05, 3.63) is 211 Å². The molecule has 9 rings (SSSR count). The highest BCUT2D eigenvalue weighted by atomic mass is 15.1. The van der Waals surface area contributed by atoms with E-state index in [0.717, 1.165) is 17.1 Å². The Balaban J connectivity index is 1.20. The van der Waals surface area contributed by atoms with E-state index >= 15 is 0 Å². The number of nitrogens with zero attached hydrogens (tertiary/aromatic N) is 1. The van der Waals surface area contributed by atoms with E-state index in [0.29, 0.717) is 0 Å². The average molecular weight is 762 g/mol. The Morgan fingerprint density at radius 3 is 1.46 bits per heavy atom. The van der Waals surface area contributed by atoms with Crippen LogP contribution in [0.4, 0.5) is 17.1 Å². The van der Waals surface area contributed by atoms with Gasteiger partial charge < -0.3 is 4.90 Å². The van der Waals surface area contributed by atoms with E-state index in [-0.39, 0.29) is 10.8 Å². The molecule has 0 amide bonds. The molecule has 0 aliphatic heterocycles.